The van der Waals surface area contributed by atoms with E-state index in [1.807, 2.05) is 32.0 Å². The van der Waals surface area contributed by atoms with Crippen LogP contribution in [-0.2, 0) is 11.2 Å². The van der Waals surface area contributed by atoms with Crippen LogP contribution in [0.3, 0.4) is 0 Å². The molecule has 0 atom stereocenters. The SMILES string of the molecule is CCc1cccc(C)c1NCC(=O)Nc1ccc(F)cc1F. The van der Waals surface area contributed by atoms with E-state index >= 15 is 0 Å². The minimum Gasteiger partial charge on any atom is -0.376 e. The quantitative estimate of drug-likeness (QED) is 0.880. The van der Waals surface area contributed by atoms with Crippen LogP contribution in [0, 0.1) is 18.6 Å². The number of rotatable bonds is 5. The van der Waals surface area contributed by atoms with Gasteiger partial charge in [-0.1, -0.05) is 25.1 Å². The van der Waals surface area contributed by atoms with Gasteiger partial charge < -0.3 is 10.6 Å². The Kier molecular flexibility index (Phi) is 5.09. The molecule has 1 amide bonds. The van der Waals surface area contributed by atoms with Crippen LogP contribution >= 0.6 is 0 Å². The number of anilines is 2. The summed E-state index contributed by atoms with van der Waals surface area (Å²) in [5, 5.41) is 5.50. The Morgan fingerprint density at radius 3 is 2.64 bits per heavy atom. The highest BCUT2D eigenvalue weighted by molar-refractivity contribution is 5.94. The number of nitrogens with one attached hydrogen (secondary N) is 2. The van der Waals surface area contributed by atoms with Crippen molar-refractivity contribution in [3.8, 4) is 0 Å². The van der Waals surface area contributed by atoms with E-state index in [2.05, 4.69) is 10.6 Å². The fourth-order valence-electron chi connectivity index (χ4n) is 2.23. The summed E-state index contributed by atoms with van der Waals surface area (Å²) in [6.45, 7) is 4.00. The van der Waals surface area contributed by atoms with Gasteiger partial charge in [-0.05, 0) is 36.6 Å². The first-order valence-electron chi connectivity index (χ1n) is 7.08. The topological polar surface area (TPSA) is 41.1 Å². The van der Waals surface area contributed by atoms with Crippen LogP contribution in [0.1, 0.15) is 18.1 Å². The van der Waals surface area contributed by atoms with E-state index < -0.39 is 17.5 Å². The predicted molar refractivity (Wildman–Crippen MR) is 84.0 cm³/mol. The smallest absolute Gasteiger partial charge is 0.243 e. The Labute approximate surface area is 128 Å². The van der Waals surface area contributed by atoms with Crippen molar-refractivity contribution in [2.24, 2.45) is 0 Å². The lowest BCUT2D eigenvalue weighted by atomic mass is 10.1. The monoisotopic (exact) mass is 304 g/mol. The number of hydrogen-bond acceptors (Lipinski definition) is 2. The van der Waals surface area contributed by atoms with Crippen LogP contribution in [0.5, 0.6) is 0 Å². The maximum absolute atomic E-state index is 13.5. The van der Waals surface area contributed by atoms with E-state index in [-0.39, 0.29) is 12.2 Å². The summed E-state index contributed by atoms with van der Waals surface area (Å²) in [7, 11) is 0. The summed E-state index contributed by atoms with van der Waals surface area (Å²) in [4.78, 5) is 11.9. The van der Waals surface area contributed by atoms with Gasteiger partial charge in [0.25, 0.3) is 0 Å². The zero-order chi connectivity index (χ0) is 16.1. The third-order valence-electron chi connectivity index (χ3n) is 3.37. The molecule has 0 saturated heterocycles. The van der Waals surface area contributed by atoms with Crippen LogP contribution in [0.25, 0.3) is 0 Å². The summed E-state index contributed by atoms with van der Waals surface area (Å²) < 4.78 is 26.3. The normalized spacial score (nSPS) is 10.4. The zero-order valence-corrected chi connectivity index (χ0v) is 12.5. The van der Waals surface area contributed by atoms with Crippen molar-refractivity contribution in [3.05, 3.63) is 59.2 Å². The van der Waals surface area contributed by atoms with Crippen molar-refractivity contribution in [1.29, 1.82) is 0 Å². The van der Waals surface area contributed by atoms with Gasteiger partial charge in [0.2, 0.25) is 5.91 Å². The molecule has 2 rings (SSSR count). The largest absolute Gasteiger partial charge is 0.376 e. The number of hydrogen-bond donors (Lipinski definition) is 2. The van der Waals surface area contributed by atoms with Crippen LogP contribution in [0.4, 0.5) is 20.2 Å². The Morgan fingerprint density at radius 2 is 1.95 bits per heavy atom. The number of amides is 1. The van der Waals surface area contributed by atoms with E-state index in [0.717, 1.165) is 35.4 Å². The molecule has 0 aromatic heterocycles. The Balaban J connectivity index is 2.02. The van der Waals surface area contributed by atoms with Gasteiger partial charge in [0.05, 0.1) is 12.2 Å². The molecule has 2 aromatic carbocycles. The average Bonchev–Trinajstić information content (AvgIpc) is 2.48. The van der Waals surface area contributed by atoms with Gasteiger partial charge in [0.1, 0.15) is 11.6 Å². The van der Waals surface area contributed by atoms with Gasteiger partial charge in [0.15, 0.2) is 0 Å². The maximum Gasteiger partial charge on any atom is 0.243 e. The fourth-order valence-corrected chi connectivity index (χ4v) is 2.23. The highest BCUT2D eigenvalue weighted by Crippen LogP contribution is 2.21. The zero-order valence-electron chi connectivity index (χ0n) is 12.5. The Bertz CT molecular complexity index is 686. The van der Waals surface area contributed by atoms with E-state index in [4.69, 9.17) is 0 Å². The molecule has 0 radical (unpaired) electrons. The minimum atomic E-state index is -0.793. The number of benzene rings is 2. The second-order valence-electron chi connectivity index (χ2n) is 4.99. The lowest BCUT2D eigenvalue weighted by Crippen LogP contribution is -2.23. The van der Waals surface area contributed by atoms with Crippen LogP contribution in [-0.4, -0.2) is 12.5 Å². The summed E-state index contributed by atoms with van der Waals surface area (Å²) in [5.41, 5.74) is 3.04. The van der Waals surface area contributed by atoms with E-state index in [9.17, 15) is 13.6 Å². The van der Waals surface area contributed by atoms with Gasteiger partial charge in [-0.3, -0.25) is 4.79 Å². The van der Waals surface area contributed by atoms with E-state index in [1.165, 1.54) is 6.07 Å². The first kappa shape index (κ1) is 15.9. The molecule has 2 N–H and O–H groups in total. The van der Waals surface area contributed by atoms with Crippen molar-refractivity contribution in [2.45, 2.75) is 20.3 Å². The van der Waals surface area contributed by atoms with Gasteiger partial charge in [0, 0.05) is 11.8 Å². The first-order chi connectivity index (χ1) is 10.5. The summed E-state index contributed by atoms with van der Waals surface area (Å²) in [6, 6.07) is 8.95. The number of aryl methyl sites for hydroxylation is 2. The molecule has 116 valence electrons. The molecule has 0 fully saturated rings. The molecule has 0 heterocycles. The molecule has 22 heavy (non-hydrogen) atoms. The molecule has 0 unspecified atom stereocenters. The third-order valence-corrected chi connectivity index (χ3v) is 3.37. The van der Waals surface area contributed by atoms with E-state index in [1.54, 1.807) is 0 Å². The molecule has 0 aliphatic carbocycles. The molecule has 0 aliphatic heterocycles. The van der Waals surface area contributed by atoms with Crippen molar-refractivity contribution >= 4 is 17.3 Å². The van der Waals surface area contributed by atoms with Gasteiger partial charge in [-0.25, -0.2) is 8.78 Å². The number of halogens is 2. The van der Waals surface area contributed by atoms with Crippen LogP contribution < -0.4 is 10.6 Å². The van der Waals surface area contributed by atoms with Gasteiger partial charge >= 0.3 is 0 Å². The average molecular weight is 304 g/mol. The lowest BCUT2D eigenvalue weighted by Gasteiger charge is -2.14. The van der Waals surface area contributed by atoms with Crippen molar-refractivity contribution < 1.29 is 13.6 Å². The molecule has 5 heteroatoms. The number of carbonyl (C=O) groups is 1. The van der Waals surface area contributed by atoms with Gasteiger partial charge in [-0.15, -0.1) is 0 Å². The summed E-state index contributed by atoms with van der Waals surface area (Å²) in [6.07, 6.45) is 0.845. The molecular weight excluding hydrogens is 286 g/mol. The summed E-state index contributed by atoms with van der Waals surface area (Å²) >= 11 is 0. The minimum absolute atomic E-state index is 0.00860. The Morgan fingerprint density at radius 1 is 1.18 bits per heavy atom. The summed E-state index contributed by atoms with van der Waals surface area (Å²) in [5.74, 6) is -1.87. The van der Waals surface area contributed by atoms with Crippen LogP contribution in [0.2, 0.25) is 0 Å². The third kappa shape index (κ3) is 3.81. The first-order valence-corrected chi connectivity index (χ1v) is 7.08. The van der Waals surface area contributed by atoms with Crippen molar-refractivity contribution in [3.63, 3.8) is 0 Å². The Hall–Kier alpha value is -2.43. The highest BCUT2D eigenvalue weighted by atomic mass is 19.1. The van der Waals surface area contributed by atoms with Crippen molar-refractivity contribution in [1.82, 2.24) is 0 Å². The van der Waals surface area contributed by atoms with E-state index in [0.29, 0.717) is 0 Å². The van der Waals surface area contributed by atoms with Gasteiger partial charge in [-0.2, -0.15) is 0 Å². The molecule has 0 bridgehead atoms. The second kappa shape index (κ2) is 7.02. The molecule has 3 nitrogen and oxygen atoms in total. The van der Waals surface area contributed by atoms with Crippen molar-refractivity contribution in [2.75, 3.05) is 17.2 Å². The maximum atomic E-state index is 13.5. The number of carbonyl (C=O) groups excluding carboxylic acids is 1. The predicted octanol–water partition coefficient (Wildman–Crippen LogP) is 3.89. The highest BCUT2D eigenvalue weighted by Gasteiger charge is 2.09. The fraction of sp³-hybridized carbons (Fsp3) is 0.235. The molecule has 0 saturated carbocycles. The molecular formula is C17H18F2N2O. The standard InChI is InChI=1S/C17H18F2N2O/c1-3-12-6-4-5-11(2)17(12)20-10-16(22)21-15-8-7-13(18)9-14(15)19/h4-9,20H,3,10H2,1-2H3,(H,21,22). The molecule has 2 aromatic rings. The molecule has 0 aliphatic rings. The number of para-hydroxylation sites is 1. The second-order valence-corrected chi connectivity index (χ2v) is 4.99. The molecule has 0 spiro atoms. The lowest BCUT2D eigenvalue weighted by molar-refractivity contribution is -0.114. The van der Waals surface area contributed by atoms with Crippen LogP contribution in [0.15, 0.2) is 36.4 Å².